The van der Waals surface area contributed by atoms with Crippen molar-refractivity contribution in [3.05, 3.63) is 30.0 Å². The number of hydrogen-bond donors (Lipinski definition) is 0. The summed E-state index contributed by atoms with van der Waals surface area (Å²) in [6, 6.07) is 1.98. The van der Waals surface area contributed by atoms with Gasteiger partial charge in [-0.2, -0.15) is 0 Å². The molecule has 3 rings (SSSR count). The van der Waals surface area contributed by atoms with Crippen LogP contribution in [0.2, 0.25) is 0 Å². The normalized spacial score (nSPS) is 15.7. The van der Waals surface area contributed by atoms with Crippen molar-refractivity contribution in [3.63, 3.8) is 0 Å². The molecular formula is C23H36N4O2. The number of carbonyl (C=O) groups is 1. The first-order valence-corrected chi connectivity index (χ1v) is 10.9. The minimum atomic E-state index is -0.0436. The van der Waals surface area contributed by atoms with E-state index in [2.05, 4.69) is 31.5 Å². The van der Waals surface area contributed by atoms with E-state index in [1.165, 1.54) is 0 Å². The SMILES string of the molecule is CCN(CC)C(=O)c1cc(-c2cn(CC3CCOCC3)c(C(C)(C)C)n2)cn1C. The number of imidazole rings is 1. The molecule has 0 aromatic carbocycles. The molecule has 0 radical (unpaired) electrons. The third-order valence-electron chi connectivity index (χ3n) is 5.81. The van der Waals surface area contributed by atoms with E-state index < -0.39 is 0 Å². The first-order chi connectivity index (χ1) is 13.7. The smallest absolute Gasteiger partial charge is 0.270 e. The van der Waals surface area contributed by atoms with Crippen molar-refractivity contribution in [1.82, 2.24) is 19.0 Å². The fourth-order valence-electron chi connectivity index (χ4n) is 4.09. The summed E-state index contributed by atoms with van der Waals surface area (Å²) in [7, 11) is 1.93. The molecule has 1 aliphatic rings. The highest BCUT2D eigenvalue weighted by Crippen LogP contribution is 2.29. The molecule has 29 heavy (non-hydrogen) atoms. The number of nitrogens with zero attached hydrogens (tertiary/aromatic N) is 4. The predicted molar refractivity (Wildman–Crippen MR) is 116 cm³/mol. The summed E-state index contributed by atoms with van der Waals surface area (Å²) >= 11 is 0. The van der Waals surface area contributed by atoms with E-state index in [0.29, 0.717) is 24.7 Å². The van der Waals surface area contributed by atoms with Crippen molar-refractivity contribution >= 4 is 5.91 Å². The fourth-order valence-corrected chi connectivity index (χ4v) is 4.09. The van der Waals surface area contributed by atoms with E-state index in [4.69, 9.17) is 9.72 Å². The minimum absolute atomic E-state index is 0.0436. The van der Waals surface area contributed by atoms with Crippen LogP contribution < -0.4 is 0 Å². The Balaban J connectivity index is 1.92. The van der Waals surface area contributed by atoms with Crippen LogP contribution >= 0.6 is 0 Å². The summed E-state index contributed by atoms with van der Waals surface area (Å²) in [4.78, 5) is 19.7. The van der Waals surface area contributed by atoms with Gasteiger partial charge >= 0.3 is 0 Å². The minimum Gasteiger partial charge on any atom is -0.381 e. The Labute approximate surface area is 174 Å². The summed E-state index contributed by atoms with van der Waals surface area (Å²) in [5.41, 5.74) is 2.60. The number of ether oxygens (including phenoxy) is 1. The van der Waals surface area contributed by atoms with Crippen molar-refractivity contribution < 1.29 is 9.53 Å². The number of amides is 1. The predicted octanol–water partition coefficient (Wildman–Crippen LogP) is 4.09. The van der Waals surface area contributed by atoms with Gasteiger partial charge in [0.05, 0.1) is 5.69 Å². The van der Waals surface area contributed by atoms with E-state index in [9.17, 15) is 4.79 Å². The molecule has 160 valence electrons. The second-order valence-electron chi connectivity index (χ2n) is 9.11. The summed E-state index contributed by atoms with van der Waals surface area (Å²) in [5.74, 6) is 1.79. The number of aryl methyl sites for hydroxylation is 1. The molecule has 0 spiro atoms. The third kappa shape index (κ3) is 4.74. The van der Waals surface area contributed by atoms with Crippen LogP contribution in [0, 0.1) is 5.92 Å². The second-order valence-corrected chi connectivity index (χ2v) is 9.11. The van der Waals surface area contributed by atoms with Crippen molar-refractivity contribution in [2.24, 2.45) is 13.0 Å². The van der Waals surface area contributed by atoms with Crippen LogP contribution in [0.1, 0.15) is 63.8 Å². The zero-order chi connectivity index (χ0) is 21.2. The van der Waals surface area contributed by atoms with Crippen molar-refractivity contribution in [1.29, 1.82) is 0 Å². The summed E-state index contributed by atoms with van der Waals surface area (Å²) < 4.78 is 9.77. The number of hydrogen-bond acceptors (Lipinski definition) is 3. The van der Waals surface area contributed by atoms with Gasteiger partial charge in [0, 0.05) is 63.3 Å². The Bertz CT molecular complexity index is 834. The van der Waals surface area contributed by atoms with Gasteiger partial charge in [0.15, 0.2) is 0 Å². The molecular weight excluding hydrogens is 364 g/mol. The average Bonchev–Trinajstić information content (AvgIpc) is 3.27. The lowest BCUT2D eigenvalue weighted by Gasteiger charge is -2.25. The Morgan fingerprint density at radius 3 is 2.45 bits per heavy atom. The van der Waals surface area contributed by atoms with Crippen LogP contribution in [0.3, 0.4) is 0 Å². The topological polar surface area (TPSA) is 52.3 Å². The lowest BCUT2D eigenvalue weighted by atomic mass is 9.94. The van der Waals surface area contributed by atoms with Crippen molar-refractivity contribution in [2.75, 3.05) is 26.3 Å². The summed E-state index contributed by atoms with van der Waals surface area (Å²) in [5, 5.41) is 0. The number of carbonyl (C=O) groups excluding carboxylic acids is 1. The molecule has 6 nitrogen and oxygen atoms in total. The van der Waals surface area contributed by atoms with Gasteiger partial charge in [0.25, 0.3) is 5.91 Å². The van der Waals surface area contributed by atoms with Crippen LogP contribution in [0.4, 0.5) is 0 Å². The molecule has 0 saturated carbocycles. The van der Waals surface area contributed by atoms with E-state index in [-0.39, 0.29) is 11.3 Å². The molecule has 3 heterocycles. The van der Waals surface area contributed by atoms with Crippen molar-refractivity contribution in [2.45, 2.75) is 59.4 Å². The molecule has 0 bridgehead atoms. The lowest BCUT2D eigenvalue weighted by molar-refractivity contribution is 0.0607. The Morgan fingerprint density at radius 1 is 1.21 bits per heavy atom. The monoisotopic (exact) mass is 400 g/mol. The average molecular weight is 401 g/mol. The molecule has 2 aromatic rings. The second kappa shape index (κ2) is 8.74. The molecule has 0 aliphatic carbocycles. The van der Waals surface area contributed by atoms with Gasteiger partial charge in [0.1, 0.15) is 11.5 Å². The quantitative estimate of drug-likeness (QED) is 0.734. The van der Waals surface area contributed by atoms with Crippen molar-refractivity contribution in [3.8, 4) is 11.3 Å². The zero-order valence-corrected chi connectivity index (χ0v) is 18.9. The molecule has 2 aromatic heterocycles. The Morgan fingerprint density at radius 2 is 1.86 bits per heavy atom. The Hall–Kier alpha value is -2.08. The largest absolute Gasteiger partial charge is 0.381 e. The standard InChI is InChI=1S/C23H36N4O2/c1-7-26(8-2)21(28)20-13-18(15-25(20)6)19-16-27(22(24-19)23(3,4)5)14-17-9-11-29-12-10-17/h13,15-17H,7-12,14H2,1-6H3. The molecule has 1 fully saturated rings. The molecule has 0 unspecified atom stereocenters. The van der Waals surface area contributed by atoms with Crippen LogP contribution in [0.5, 0.6) is 0 Å². The van der Waals surface area contributed by atoms with Gasteiger partial charge < -0.3 is 18.8 Å². The van der Waals surface area contributed by atoms with Crippen LogP contribution in [0.25, 0.3) is 11.3 Å². The lowest BCUT2D eigenvalue weighted by Crippen LogP contribution is -2.31. The van der Waals surface area contributed by atoms with Crippen LogP contribution in [0.15, 0.2) is 18.5 Å². The maximum Gasteiger partial charge on any atom is 0.270 e. The number of aromatic nitrogens is 3. The first kappa shape index (κ1) is 21.6. The highest BCUT2D eigenvalue weighted by molar-refractivity contribution is 5.94. The number of rotatable bonds is 6. The molecule has 1 saturated heterocycles. The Kier molecular flexibility index (Phi) is 6.52. The van der Waals surface area contributed by atoms with E-state index in [1.807, 2.05) is 42.6 Å². The first-order valence-electron chi connectivity index (χ1n) is 10.9. The summed E-state index contributed by atoms with van der Waals surface area (Å²) in [6.45, 7) is 14.8. The maximum absolute atomic E-state index is 12.8. The van der Waals surface area contributed by atoms with Gasteiger partial charge in [-0.15, -0.1) is 0 Å². The van der Waals surface area contributed by atoms with Crippen LogP contribution in [-0.4, -0.2) is 51.2 Å². The third-order valence-corrected chi connectivity index (χ3v) is 5.81. The maximum atomic E-state index is 12.8. The van der Waals surface area contributed by atoms with Gasteiger partial charge in [-0.3, -0.25) is 4.79 Å². The fraction of sp³-hybridized carbons (Fsp3) is 0.652. The zero-order valence-electron chi connectivity index (χ0n) is 18.9. The van der Waals surface area contributed by atoms with E-state index in [1.54, 1.807) is 0 Å². The molecule has 6 heteroatoms. The molecule has 0 N–H and O–H groups in total. The van der Waals surface area contributed by atoms with Crippen LogP contribution in [-0.2, 0) is 23.7 Å². The van der Waals surface area contributed by atoms with Gasteiger partial charge in [0.2, 0.25) is 0 Å². The highest BCUT2D eigenvalue weighted by atomic mass is 16.5. The van der Waals surface area contributed by atoms with Gasteiger partial charge in [-0.05, 0) is 38.7 Å². The summed E-state index contributed by atoms with van der Waals surface area (Å²) in [6.07, 6.45) is 6.39. The molecule has 1 amide bonds. The van der Waals surface area contributed by atoms with Gasteiger partial charge in [-0.1, -0.05) is 20.8 Å². The van der Waals surface area contributed by atoms with Gasteiger partial charge in [-0.25, -0.2) is 4.98 Å². The molecule has 1 aliphatic heterocycles. The highest BCUT2D eigenvalue weighted by Gasteiger charge is 2.26. The molecule has 0 atom stereocenters. The van der Waals surface area contributed by atoms with E-state index >= 15 is 0 Å². The van der Waals surface area contributed by atoms with E-state index in [0.717, 1.165) is 49.7 Å².